The predicted octanol–water partition coefficient (Wildman–Crippen LogP) is 2.22. The lowest BCUT2D eigenvalue weighted by molar-refractivity contribution is -0.490. The zero-order chi connectivity index (χ0) is 17.4. The molecule has 2 atom stereocenters. The van der Waals surface area contributed by atoms with E-state index in [9.17, 15) is 26.7 Å². The number of rotatable bonds is 4. The van der Waals surface area contributed by atoms with Crippen molar-refractivity contribution in [1.29, 1.82) is 0 Å². The number of hydrogen-bond acceptors (Lipinski definition) is 5. The van der Waals surface area contributed by atoms with E-state index >= 15 is 0 Å². The first-order valence-corrected chi connectivity index (χ1v) is 6.40. The third-order valence-corrected chi connectivity index (χ3v) is 3.42. The molecule has 0 amide bonds. The van der Waals surface area contributed by atoms with Gasteiger partial charge in [-0.1, -0.05) is 6.92 Å². The number of carbonyl (C=O) groups is 1. The number of aliphatic hydroxyl groups is 1. The highest BCUT2D eigenvalue weighted by Gasteiger charge is 2.73. The maximum Gasteiger partial charge on any atom is 0.449 e. The molecule has 0 bridgehead atoms. The summed E-state index contributed by atoms with van der Waals surface area (Å²) < 4.78 is 77.3. The van der Waals surface area contributed by atoms with Crippen molar-refractivity contribution in [2.24, 2.45) is 5.41 Å². The third kappa shape index (κ3) is 3.49. The molecule has 1 fully saturated rings. The van der Waals surface area contributed by atoms with E-state index in [1.807, 2.05) is 0 Å². The number of halogens is 5. The van der Waals surface area contributed by atoms with Gasteiger partial charge in [0.25, 0.3) is 0 Å². The van der Waals surface area contributed by atoms with E-state index in [2.05, 4.69) is 9.47 Å². The molecule has 0 radical (unpaired) electrons. The molecule has 22 heavy (non-hydrogen) atoms. The maximum absolute atomic E-state index is 13.2. The van der Waals surface area contributed by atoms with Crippen molar-refractivity contribution >= 4 is 5.97 Å². The zero-order valence-electron chi connectivity index (χ0n) is 12.2. The Hall–Kier alpha value is -1.00. The van der Waals surface area contributed by atoms with Crippen LogP contribution in [0.3, 0.4) is 0 Å². The van der Waals surface area contributed by atoms with Crippen LogP contribution in [-0.4, -0.2) is 48.5 Å². The standard InChI is InChI=1S/C12H17F5O5/c1-4-9(2,3)8(18)20-5-7-21-6-10(13,14)11(19,22-7)12(15,16)17/h7,19H,4-6H2,1-3H3. The van der Waals surface area contributed by atoms with Crippen molar-refractivity contribution in [3.63, 3.8) is 0 Å². The van der Waals surface area contributed by atoms with Gasteiger partial charge in [0.2, 0.25) is 0 Å². The molecule has 1 saturated heterocycles. The fourth-order valence-corrected chi connectivity index (χ4v) is 1.45. The normalized spacial score (nSPS) is 29.2. The number of hydrogen-bond donors (Lipinski definition) is 1. The molecule has 0 aromatic carbocycles. The van der Waals surface area contributed by atoms with Crippen LogP contribution in [0, 0.1) is 5.41 Å². The molecular weight excluding hydrogens is 319 g/mol. The third-order valence-electron chi connectivity index (χ3n) is 3.42. The van der Waals surface area contributed by atoms with Gasteiger partial charge in [-0.25, -0.2) is 0 Å². The average molecular weight is 336 g/mol. The van der Waals surface area contributed by atoms with Crippen LogP contribution in [0.15, 0.2) is 0 Å². The van der Waals surface area contributed by atoms with Crippen LogP contribution in [0.2, 0.25) is 0 Å². The van der Waals surface area contributed by atoms with Gasteiger partial charge >= 0.3 is 23.9 Å². The van der Waals surface area contributed by atoms with Gasteiger partial charge in [0, 0.05) is 0 Å². The lowest BCUT2D eigenvalue weighted by atomic mass is 9.91. The molecule has 2 unspecified atom stereocenters. The second-order valence-corrected chi connectivity index (χ2v) is 5.54. The SMILES string of the molecule is CCC(C)(C)C(=O)OCC1OCC(F)(F)C(O)(C(F)(F)F)O1. The van der Waals surface area contributed by atoms with Crippen molar-refractivity contribution in [3.8, 4) is 0 Å². The van der Waals surface area contributed by atoms with Crippen molar-refractivity contribution in [2.45, 2.75) is 51.4 Å². The molecule has 0 aromatic heterocycles. The largest absolute Gasteiger partial charge is 0.460 e. The first kappa shape index (κ1) is 19.0. The van der Waals surface area contributed by atoms with Gasteiger partial charge < -0.3 is 19.3 Å². The van der Waals surface area contributed by atoms with Crippen molar-refractivity contribution in [3.05, 3.63) is 0 Å². The van der Waals surface area contributed by atoms with Gasteiger partial charge in [-0.05, 0) is 20.3 Å². The van der Waals surface area contributed by atoms with E-state index in [1.54, 1.807) is 6.92 Å². The Morgan fingerprint density at radius 2 is 1.91 bits per heavy atom. The lowest BCUT2D eigenvalue weighted by Gasteiger charge is -2.42. The van der Waals surface area contributed by atoms with E-state index in [0.717, 1.165) is 0 Å². The number of alkyl halides is 5. The van der Waals surface area contributed by atoms with E-state index in [0.29, 0.717) is 6.42 Å². The van der Waals surface area contributed by atoms with Gasteiger partial charge in [0.05, 0.1) is 5.41 Å². The van der Waals surface area contributed by atoms with E-state index < -0.39 is 48.8 Å². The second-order valence-electron chi connectivity index (χ2n) is 5.54. The zero-order valence-corrected chi connectivity index (χ0v) is 12.2. The first-order valence-electron chi connectivity index (χ1n) is 6.40. The van der Waals surface area contributed by atoms with Gasteiger partial charge in [0.15, 0.2) is 6.29 Å². The Labute approximate surface area is 123 Å². The number of carbonyl (C=O) groups excluding carboxylic acids is 1. The average Bonchev–Trinajstić information content (AvgIpc) is 2.38. The molecule has 0 saturated carbocycles. The van der Waals surface area contributed by atoms with Crippen LogP contribution in [0.4, 0.5) is 22.0 Å². The van der Waals surface area contributed by atoms with Crippen LogP contribution in [0.1, 0.15) is 27.2 Å². The molecule has 1 rings (SSSR count). The summed E-state index contributed by atoms with van der Waals surface area (Å²) in [5.74, 6) is -10.1. The monoisotopic (exact) mass is 336 g/mol. The van der Waals surface area contributed by atoms with Crippen LogP contribution >= 0.6 is 0 Å². The molecule has 0 spiro atoms. The highest BCUT2D eigenvalue weighted by atomic mass is 19.4. The number of esters is 1. The Balaban J connectivity index is 2.75. The lowest BCUT2D eigenvalue weighted by Crippen LogP contribution is -2.67. The summed E-state index contributed by atoms with van der Waals surface area (Å²) in [5, 5.41) is 9.16. The van der Waals surface area contributed by atoms with E-state index in [-0.39, 0.29) is 0 Å². The molecule has 1 aliphatic rings. The fourth-order valence-electron chi connectivity index (χ4n) is 1.45. The van der Waals surface area contributed by atoms with Crippen LogP contribution in [0.25, 0.3) is 0 Å². The Kier molecular flexibility index (Phi) is 5.10. The smallest absolute Gasteiger partial charge is 0.449 e. The van der Waals surface area contributed by atoms with Gasteiger partial charge in [0.1, 0.15) is 13.2 Å². The summed E-state index contributed by atoms with van der Waals surface area (Å²) in [4.78, 5) is 11.7. The Bertz CT molecular complexity index is 423. The molecule has 10 heteroatoms. The minimum atomic E-state index is -5.74. The molecule has 1 heterocycles. The van der Waals surface area contributed by atoms with Crippen LogP contribution in [-0.2, 0) is 19.0 Å². The Morgan fingerprint density at radius 1 is 1.36 bits per heavy atom. The summed E-state index contributed by atoms with van der Waals surface area (Å²) in [6.45, 7) is 2.20. The highest BCUT2D eigenvalue weighted by Crippen LogP contribution is 2.46. The van der Waals surface area contributed by atoms with Crippen LogP contribution in [0.5, 0.6) is 0 Å². The molecule has 5 nitrogen and oxygen atoms in total. The maximum atomic E-state index is 13.2. The quantitative estimate of drug-likeness (QED) is 0.630. The second kappa shape index (κ2) is 5.89. The molecular formula is C12H17F5O5. The predicted molar refractivity (Wildman–Crippen MR) is 61.8 cm³/mol. The van der Waals surface area contributed by atoms with Gasteiger partial charge in [-0.2, -0.15) is 22.0 Å². The summed E-state index contributed by atoms with van der Waals surface area (Å²) in [6.07, 6.45) is -7.31. The summed E-state index contributed by atoms with van der Waals surface area (Å²) >= 11 is 0. The van der Waals surface area contributed by atoms with Crippen molar-refractivity contribution < 1.29 is 46.1 Å². The van der Waals surface area contributed by atoms with Crippen molar-refractivity contribution in [1.82, 2.24) is 0 Å². The summed E-state index contributed by atoms with van der Waals surface area (Å²) in [6, 6.07) is 0. The molecule has 1 N–H and O–H groups in total. The van der Waals surface area contributed by atoms with Crippen molar-refractivity contribution in [2.75, 3.05) is 13.2 Å². The minimum Gasteiger partial charge on any atom is -0.460 e. The van der Waals surface area contributed by atoms with E-state index in [1.165, 1.54) is 13.8 Å². The number of ether oxygens (including phenoxy) is 3. The van der Waals surface area contributed by atoms with Gasteiger partial charge in [-0.15, -0.1) is 0 Å². The first-order chi connectivity index (χ1) is 9.77. The fraction of sp³-hybridized carbons (Fsp3) is 0.917. The molecule has 130 valence electrons. The minimum absolute atomic E-state index is 0.392. The summed E-state index contributed by atoms with van der Waals surface area (Å²) in [5.41, 5.74) is -0.904. The topological polar surface area (TPSA) is 65.0 Å². The Morgan fingerprint density at radius 3 is 2.36 bits per heavy atom. The molecule has 1 aliphatic heterocycles. The highest BCUT2D eigenvalue weighted by molar-refractivity contribution is 5.75. The van der Waals surface area contributed by atoms with Gasteiger partial charge in [-0.3, -0.25) is 4.79 Å². The van der Waals surface area contributed by atoms with E-state index in [4.69, 9.17) is 9.84 Å². The van der Waals surface area contributed by atoms with Crippen LogP contribution < -0.4 is 0 Å². The summed E-state index contributed by atoms with van der Waals surface area (Å²) in [7, 11) is 0. The molecule has 0 aliphatic carbocycles. The molecule has 0 aromatic rings.